The van der Waals surface area contributed by atoms with Gasteiger partial charge in [0.1, 0.15) is 0 Å². The first kappa shape index (κ1) is 11.6. The standard InChI is InChI=1S/C10H12F2N2O/c1-6(5-13)14-10(15)7-3-2-4-8(11)9(7)12/h2-4,6H,5,13H2,1H3,(H,14,15)/t6-/m0/s1. The SMILES string of the molecule is C[C@@H](CN)NC(=O)c1cccc(F)c1F. The number of nitrogens with two attached hydrogens (primary N) is 1. The lowest BCUT2D eigenvalue weighted by molar-refractivity contribution is 0.0936. The van der Waals surface area contributed by atoms with Gasteiger partial charge in [-0.05, 0) is 19.1 Å². The second-order valence-corrected chi connectivity index (χ2v) is 3.21. The first-order chi connectivity index (χ1) is 7.06. The summed E-state index contributed by atoms with van der Waals surface area (Å²) in [6, 6.07) is 3.18. The second kappa shape index (κ2) is 4.84. The van der Waals surface area contributed by atoms with Gasteiger partial charge in [-0.2, -0.15) is 0 Å². The molecule has 1 rings (SSSR count). The summed E-state index contributed by atoms with van der Waals surface area (Å²) in [5.41, 5.74) is 4.97. The van der Waals surface area contributed by atoms with Crippen LogP contribution in [0.1, 0.15) is 17.3 Å². The van der Waals surface area contributed by atoms with E-state index in [2.05, 4.69) is 5.32 Å². The lowest BCUT2D eigenvalue weighted by atomic mass is 10.2. The fourth-order valence-electron chi connectivity index (χ4n) is 1.04. The van der Waals surface area contributed by atoms with Crippen molar-refractivity contribution in [3.8, 4) is 0 Å². The number of halogens is 2. The largest absolute Gasteiger partial charge is 0.348 e. The van der Waals surface area contributed by atoms with E-state index in [1.165, 1.54) is 12.1 Å². The van der Waals surface area contributed by atoms with E-state index >= 15 is 0 Å². The van der Waals surface area contributed by atoms with E-state index < -0.39 is 17.5 Å². The van der Waals surface area contributed by atoms with Crippen molar-refractivity contribution in [3.63, 3.8) is 0 Å². The van der Waals surface area contributed by atoms with Crippen molar-refractivity contribution >= 4 is 5.91 Å². The summed E-state index contributed by atoms with van der Waals surface area (Å²) in [5, 5.41) is 2.44. The van der Waals surface area contributed by atoms with Crippen LogP contribution in [-0.4, -0.2) is 18.5 Å². The Morgan fingerprint density at radius 3 is 2.80 bits per heavy atom. The van der Waals surface area contributed by atoms with Crippen LogP contribution < -0.4 is 11.1 Å². The van der Waals surface area contributed by atoms with Gasteiger partial charge >= 0.3 is 0 Å². The molecule has 0 heterocycles. The minimum Gasteiger partial charge on any atom is -0.348 e. The van der Waals surface area contributed by atoms with Gasteiger partial charge in [0.15, 0.2) is 11.6 Å². The highest BCUT2D eigenvalue weighted by atomic mass is 19.2. The minimum atomic E-state index is -1.14. The van der Waals surface area contributed by atoms with Gasteiger partial charge in [0, 0.05) is 12.6 Å². The van der Waals surface area contributed by atoms with Crippen molar-refractivity contribution in [2.45, 2.75) is 13.0 Å². The van der Waals surface area contributed by atoms with Crippen molar-refractivity contribution in [2.75, 3.05) is 6.54 Å². The monoisotopic (exact) mass is 214 g/mol. The summed E-state index contributed by atoms with van der Waals surface area (Å²) in [7, 11) is 0. The molecular formula is C10H12F2N2O. The summed E-state index contributed by atoms with van der Waals surface area (Å²) in [6.45, 7) is 1.91. The number of amides is 1. The van der Waals surface area contributed by atoms with Crippen LogP contribution in [0.15, 0.2) is 18.2 Å². The van der Waals surface area contributed by atoms with Gasteiger partial charge in [-0.25, -0.2) is 8.78 Å². The third kappa shape index (κ3) is 2.73. The van der Waals surface area contributed by atoms with Crippen molar-refractivity contribution in [2.24, 2.45) is 5.73 Å². The molecule has 82 valence electrons. The van der Waals surface area contributed by atoms with Gasteiger partial charge in [-0.3, -0.25) is 4.79 Å². The first-order valence-corrected chi connectivity index (χ1v) is 4.51. The Hall–Kier alpha value is -1.49. The minimum absolute atomic E-state index is 0.239. The summed E-state index contributed by atoms with van der Waals surface area (Å²) < 4.78 is 25.9. The van der Waals surface area contributed by atoms with E-state index in [0.29, 0.717) is 0 Å². The molecule has 1 aromatic carbocycles. The summed E-state index contributed by atoms with van der Waals surface area (Å²) in [4.78, 5) is 11.4. The molecule has 0 saturated heterocycles. The third-order valence-corrected chi connectivity index (χ3v) is 1.93. The molecule has 1 amide bonds. The summed E-state index contributed by atoms with van der Waals surface area (Å²) in [6.07, 6.45) is 0. The average molecular weight is 214 g/mol. The Morgan fingerprint density at radius 2 is 2.20 bits per heavy atom. The van der Waals surface area contributed by atoms with Gasteiger partial charge in [0.05, 0.1) is 5.56 Å². The summed E-state index contributed by atoms with van der Waals surface area (Å²) >= 11 is 0. The molecule has 0 aliphatic heterocycles. The molecule has 0 fully saturated rings. The molecule has 0 saturated carbocycles. The number of carbonyl (C=O) groups is 1. The van der Waals surface area contributed by atoms with Crippen molar-refractivity contribution < 1.29 is 13.6 Å². The fourth-order valence-corrected chi connectivity index (χ4v) is 1.04. The van der Waals surface area contributed by atoms with Crippen molar-refractivity contribution in [1.29, 1.82) is 0 Å². The molecule has 15 heavy (non-hydrogen) atoms. The molecule has 0 aliphatic carbocycles. The molecule has 0 radical (unpaired) electrons. The van der Waals surface area contributed by atoms with Gasteiger partial charge in [-0.15, -0.1) is 0 Å². The molecular weight excluding hydrogens is 202 g/mol. The molecule has 1 aromatic rings. The van der Waals surface area contributed by atoms with Crippen LogP contribution in [0.25, 0.3) is 0 Å². The van der Waals surface area contributed by atoms with Crippen molar-refractivity contribution in [3.05, 3.63) is 35.4 Å². The van der Waals surface area contributed by atoms with E-state index in [-0.39, 0.29) is 18.2 Å². The Morgan fingerprint density at radius 1 is 1.53 bits per heavy atom. The Bertz CT molecular complexity index is 368. The van der Waals surface area contributed by atoms with Crippen LogP contribution in [0, 0.1) is 11.6 Å². The normalized spacial score (nSPS) is 12.3. The topological polar surface area (TPSA) is 55.1 Å². The van der Waals surface area contributed by atoms with E-state index in [4.69, 9.17) is 5.73 Å². The maximum absolute atomic E-state index is 13.1. The van der Waals surface area contributed by atoms with Crippen LogP contribution in [0.2, 0.25) is 0 Å². The first-order valence-electron chi connectivity index (χ1n) is 4.51. The highest BCUT2D eigenvalue weighted by Crippen LogP contribution is 2.11. The number of nitrogens with one attached hydrogen (secondary N) is 1. The highest BCUT2D eigenvalue weighted by molar-refractivity contribution is 5.94. The van der Waals surface area contributed by atoms with Crippen LogP contribution in [-0.2, 0) is 0 Å². The van der Waals surface area contributed by atoms with Crippen LogP contribution in [0.3, 0.4) is 0 Å². The Labute approximate surface area is 86.3 Å². The third-order valence-electron chi connectivity index (χ3n) is 1.93. The van der Waals surface area contributed by atoms with Gasteiger partial charge in [0.25, 0.3) is 5.91 Å². The summed E-state index contributed by atoms with van der Waals surface area (Å²) in [5.74, 6) is -2.84. The Kier molecular flexibility index (Phi) is 3.74. The zero-order valence-corrected chi connectivity index (χ0v) is 8.26. The average Bonchev–Trinajstić information content (AvgIpc) is 2.21. The highest BCUT2D eigenvalue weighted by Gasteiger charge is 2.15. The zero-order chi connectivity index (χ0) is 11.4. The maximum atomic E-state index is 13.1. The molecule has 0 aromatic heterocycles. The number of benzene rings is 1. The van der Waals surface area contributed by atoms with Crippen molar-refractivity contribution in [1.82, 2.24) is 5.32 Å². The van der Waals surface area contributed by atoms with Gasteiger partial charge in [-0.1, -0.05) is 6.07 Å². The van der Waals surface area contributed by atoms with E-state index in [1.54, 1.807) is 6.92 Å². The van der Waals surface area contributed by atoms with Crippen LogP contribution in [0.4, 0.5) is 8.78 Å². The smallest absolute Gasteiger partial charge is 0.254 e. The van der Waals surface area contributed by atoms with Crippen LogP contribution >= 0.6 is 0 Å². The predicted octanol–water partition coefficient (Wildman–Crippen LogP) is 1.04. The second-order valence-electron chi connectivity index (χ2n) is 3.21. The fraction of sp³-hybridized carbons (Fsp3) is 0.300. The molecule has 0 spiro atoms. The van der Waals surface area contributed by atoms with E-state index in [9.17, 15) is 13.6 Å². The lowest BCUT2D eigenvalue weighted by Crippen LogP contribution is -2.38. The molecule has 3 N–H and O–H groups in total. The number of hydrogen-bond acceptors (Lipinski definition) is 2. The van der Waals surface area contributed by atoms with Crippen LogP contribution in [0.5, 0.6) is 0 Å². The molecule has 5 heteroatoms. The van der Waals surface area contributed by atoms with E-state index in [0.717, 1.165) is 6.07 Å². The molecule has 1 atom stereocenters. The molecule has 0 unspecified atom stereocenters. The Balaban J connectivity index is 2.87. The number of carbonyl (C=O) groups excluding carboxylic acids is 1. The van der Waals surface area contributed by atoms with Gasteiger partial charge in [0.2, 0.25) is 0 Å². The number of hydrogen-bond donors (Lipinski definition) is 2. The zero-order valence-electron chi connectivity index (χ0n) is 8.26. The number of rotatable bonds is 3. The van der Waals surface area contributed by atoms with E-state index in [1.807, 2.05) is 0 Å². The van der Waals surface area contributed by atoms with Gasteiger partial charge < -0.3 is 11.1 Å². The predicted molar refractivity (Wildman–Crippen MR) is 52.3 cm³/mol. The quantitative estimate of drug-likeness (QED) is 0.790. The molecule has 3 nitrogen and oxygen atoms in total. The molecule has 0 bridgehead atoms. The lowest BCUT2D eigenvalue weighted by Gasteiger charge is -2.11. The molecule has 0 aliphatic rings. The maximum Gasteiger partial charge on any atom is 0.254 e.